The van der Waals surface area contributed by atoms with Crippen LogP contribution in [-0.2, 0) is 19.6 Å². The van der Waals surface area contributed by atoms with Gasteiger partial charge in [0.15, 0.2) is 0 Å². The second kappa shape index (κ2) is 11.9. The molecule has 0 amide bonds. The van der Waals surface area contributed by atoms with Crippen LogP contribution in [0.2, 0.25) is 0 Å². The molecule has 1 atom stereocenters. The van der Waals surface area contributed by atoms with E-state index in [1.165, 1.54) is 5.57 Å². The number of Topliss-reactive ketones (excluding diaryl/α,β-unsaturated/α-hetero) is 1. The minimum absolute atomic E-state index is 0.0216. The number of ketones is 1. The predicted molar refractivity (Wildman–Crippen MR) is 116 cm³/mol. The van der Waals surface area contributed by atoms with E-state index >= 15 is 0 Å². The lowest BCUT2D eigenvalue weighted by molar-refractivity contribution is -0.143. The first-order valence-electron chi connectivity index (χ1n) is 10.3. The lowest BCUT2D eigenvalue weighted by Gasteiger charge is -2.17. The first-order valence-corrected chi connectivity index (χ1v) is 12.0. The van der Waals surface area contributed by atoms with Crippen LogP contribution in [0.4, 0.5) is 0 Å². The molecular weight excluding hydrogens is 406 g/mol. The number of esters is 1. The fourth-order valence-corrected chi connectivity index (χ4v) is 4.10. The summed E-state index contributed by atoms with van der Waals surface area (Å²) in [5.41, 5.74) is 4.81. The monoisotopic (exact) mass is 437 g/mol. The number of carbonyl (C=O) groups excluding carboxylic acids is 2. The van der Waals surface area contributed by atoms with E-state index in [2.05, 4.69) is 21.6 Å². The summed E-state index contributed by atoms with van der Waals surface area (Å²) in [7, 11) is -3.51. The van der Waals surface area contributed by atoms with Gasteiger partial charge >= 0.3 is 5.97 Å². The molecule has 1 aromatic rings. The van der Waals surface area contributed by atoms with E-state index in [0.29, 0.717) is 12.2 Å². The van der Waals surface area contributed by atoms with Gasteiger partial charge in [-0.05, 0) is 42.7 Å². The molecule has 166 valence electrons. The van der Waals surface area contributed by atoms with Crippen molar-refractivity contribution in [3.8, 4) is 5.75 Å². The molecule has 0 fully saturated rings. The number of rotatable bonds is 12. The molecule has 0 radical (unpaired) electrons. The number of nitrogens with one attached hydrogen (secondary N) is 3. The number of sulfonamides is 1. The van der Waals surface area contributed by atoms with Crippen LogP contribution in [0.25, 0.3) is 5.57 Å². The molecule has 1 aromatic carbocycles. The number of hydrogen-bond acceptors (Lipinski definition) is 7. The van der Waals surface area contributed by atoms with Crippen molar-refractivity contribution in [3.05, 3.63) is 35.9 Å². The molecule has 3 N–H and O–H groups in total. The van der Waals surface area contributed by atoms with Crippen molar-refractivity contribution in [2.45, 2.75) is 39.5 Å². The molecule has 1 aliphatic heterocycles. The molecule has 9 heteroatoms. The topological polar surface area (TPSA) is 114 Å². The molecule has 1 unspecified atom stereocenters. The third-order valence-electron chi connectivity index (χ3n) is 4.83. The van der Waals surface area contributed by atoms with Crippen molar-refractivity contribution >= 4 is 27.3 Å². The molecule has 1 heterocycles. The quantitative estimate of drug-likeness (QED) is 0.198. The lowest BCUT2D eigenvalue weighted by Crippen LogP contribution is -2.45. The number of unbranched alkanes of at least 4 members (excludes halogenated alkanes) is 1. The smallest absolute Gasteiger partial charge is 0.323 e. The zero-order valence-corrected chi connectivity index (χ0v) is 18.4. The summed E-state index contributed by atoms with van der Waals surface area (Å²) in [5.74, 6) is -1.81. The van der Waals surface area contributed by atoms with Gasteiger partial charge in [-0.2, -0.15) is 4.83 Å². The van der Waals surface area contributed by atoms with Gasteiger partial charge in [0.2, 0.25) is 10.0 Å². The molecule has 0 saturated heterocycles. The van der Waals surface area contributed by atoms with Crippen LogP contribution in [0, 0.1) is 5.92 Å². The van der Waals surface area contributed by atoms with Crippen LogP contribution in [0.5, 0.6) is 5.75 Å². The average molecular weight is 438 g/mol. The Morgan fingerprint density at radius 2 is 1.93 bits per heavy atom. The molecule has 0 saturated carbocycles. The Morgan fingerprint density at radius 1 is 1.20 bits per heavy atom. The summed E-state index contributed by atoms with van der Waals surface area (Å²) in [4.78, 5) is 27.0. The van der Waals surface area contributed by atoms with Gasteiger partial charge in [0, 0.05) is 19.5 Å². The largest absolute Gasteiger partial charge is 0.426 e. The van der Waals surface area contributed by atoms with Crippen LogP contribution in [-0.4, -0.2) is 45.6 Å². The highest BCUT2D eigenvalue weighted by Gasteiger charge is 2.27. The first-order chi connectivity index (χ1) is 14.4. The Hall–Kier alpha value is -2.07. The van der Waals surface area contributed by atoms with Gasteiger partial charge in [-0.15, -0.1) is 0 Å². The van der Waals surface area contributed by atoms with Gasteiger partial charge in [0.05, 0.1) is 5.75 Å². The Labute approximate surface area is 178 Å². The van der Waals surface area contributed by atoms with Crippen LogP contribution >= 0.6 is 0 Å². The fourth-order valence-electron chi connectivity index (χ4n) is 3.02. The second-order valence-corrected chi connectivity index (χ2v) is 9.00. The number of benzene rings is 1. The van der Waals surface area contributed by atoms with E-state index in [1.807, 2.05) is 19.1 Å². The Kier molecular flexibility index (Phi) is 9.64. The van der Waals surface area contributed by atoms with Crippen LogP contribution in [0.1, 0.15) is 45.1 Å². The summed E-state index contributed by atoms with van der Waals surface area (Å²) in [6.45, 7) is 5.13. The van der Waals surface area contributed by atoms with Gasteiger partial charge in [-0.1, -0.05) is 38.5 Å². The Bertz CT molecular complexity index is 850. The molecule has 0 aromatic heterocycles. The zero-order valence-electron chi connectivity index (χ0n) is 17.6. The number of hydrogen-bond donors (Lipinski definition) is 3. The third kappa shape index (κ3) is 7.64. The zero-order chi connectivity index (χ0) is 22.0. The molecule has 2 rings (SSSR count). The maximum atomic E-state index is 12.5. The number of ether oxygens (including phenoxy) is 1. The minimum atomic E-state index is -3.51. The van der Waals surface area contributed by atoms with Gasteiger partial charge in [-0.25, -0.2) is 13.8 Å². The van der Waals surface area contributed by atoms with E-state index < -0.39 is 21.9 Å². The van der Waals surface area contributed by atoms with Gasteiger partial charge in [0.25, 0.3) is 0 Å². The normalized spacial score (nSPS) is 15.3. The molecule has 0 aliphatic carbocycles. The van der Waals surface area contributed by atoms with Crippen LogP contribution in [0.3, 0.4) is 0 Å². The van der Waals surface area contributed by atoms with E-state index in [0.717, 1.165) is 31.5 Å². The van der Waals surface area contributed by atoms with Crippen molar-refractivity contribution in [1.82, 2.24) is 15.6 Å². The highest BCUT2D eigenvalue weighted by atomic mass is 32.2. The molecule has 30 heavy (non-hydrogen) atoms. The molecule has 0 bridgehead atoms. The lowest BCUT2D eigenvalue weighted by atomic mass is 10.0. The molecule has 0 spiro atoms. The van der Waals surface area contributed by atoms with Crippen molar-refractivity contribution in [1.29, 1.82) is 0 Å². The summed E-state index contributed by atoms with van der Waals surface area (Å²) >= 11 is 0. The number of carbonyl (C=O) groups is 2. The van der Waals surface area contributed by atoms with Gasteiger partial charge in [0.1, 0.15) is 17.5 Å². The summed E-state index contributed by atoms with van der Waals surface area (Å²) in [6, 6.07) is 7.17. The molecule has 8 nitrogen and oxygen atoms in total. The summed E-state index contributed by atoms with van der Waals surface area (Å²) in [6.07, 6.45) is 4.49. The highest BCUT2D eigenvalue weighted by molar-refractivity contribution is 7.89. The Morgan fingerprint density at radius 3 is 2.53 bits per heavy atom. The van der Waals surface area contributed by atoms with Crippen molar-refractivity contribution in [2.24, 2.45) is 5.92 Å². The SMILES string of the molecule is CCCCS(=O)(=O)NNCC(C(=O)CC)C(=O)Oc1ccc(C2=CCNCC2)cc1. The van der Waals surface area contributed by atoms with Crippen LogP contribution in [0.15, 0.2) is 30.3 Å². The average Bonchev–Trinajstić information content (AvgIpc) is 2.76. The highest BCUT2D eigenvalue weighted by Crippen LogP contribution is 2.23. The van der Waals surface area contributed by atoms with E-state index in [4.69, 9.17) is 4.74 Å². The fraction of sp³-hybridized carbons (Fsp3) is 0.524. The first kappa shape index (κ1) is 24.2. The minimum Gasteiger partial charge on any atom is -0.426 e. The summed E-state index contributed by atoms with van der Waals surface area (Å²) in [5, 5.41) is 3.26. The van der Waals surface area contributed by atoms with E-state index in [9.17, 15) is 18.0 Å². The van der Waals surface area contributed by atoms with Gasteiger partial charge < -0.3 is 10.1 Å². The molecule has 1 aliphatic rings. The second-order valence-electron chi connectivity index (χ2n) is 7.16. The van der Waals surface area contributed by atoms with E-state index in [1.54, 1.807) is 19.1 Å². The van der Waals surface area contributed by atoms with Crippen molar-refractivity contribution in [2.75, 3.05) is 25.4 Å². The maximum absolute atomic E-state index is 12.5. The van der Waals surface area contributed by atoms with Crippen LogP contribution < -0.4 is 20.3 Å². The predicted octanol–water partition coefficient (Wildman–Crippen LogP) is 1.79. The third-order valence-corrected chi connectivity index (χ3v) is 6.11. The summed E-state index contributed by atoms with van der Waals surface area (Å²) < 4.78 is 29.1. The Balaban J connectivity index is 1.96. The standard InChI is InChI=1S/C21H31N3O5S/c1-3-5-14-30(27,28)24-23-15-19(20(25)4-2)21(26)29-18-8-6-16(7-9-18)17-10-12-22-13-11-17/h6-10,19,22-24H,3-5,11-15H2,1-2H3. The van der Waals surface area contributed by atoms with Crippen molar-refractivity contribution < 1.29 is 22.7 Å². The van der Waals surface area contributed by atoms with E-state index in [-0.39, 0.29) is 24.5 Å². The maximum Gasteiger partial charge on any atom is 0.323 e. The molecular formula is C21H31N3O5S. The van der Waals surface area contributed by atoms with Gasteiger partial charge in [-0.3, -0.25) is 9.59 Å². The van der Waals surface area contributed by atoms with Crippen molar-refractivity contribution in [3.63, 3.8) is 0 Å². The number of hydrazine groups is 1.